The maximum Gasteiger partial charge on any atom is 0.269 e. The number of nitrogens with one attached hydrogen (secondary N) is 2. The number of hydrogen-bond acceptors (Lipinski definition) is 4. The Morgan fingerprint density at radius 3 is 2.82 bits per heavy atom. The lowest BCUT2D eigenvalue weighted by Crippen LogP contribution is -2.30. The molecule has 0 saturated heterocycles. The van der Waals surface area contributed by atoms with Gasteiger partial charge in [0.25, 0.3) is 5.91 Å². The van der Waals surface area contributed by atoms with E-state index in [0.29, 0.717) is 29.5 Å². The molecule has 0 unspecified atom stereocenters. The van der Waals surface area contributed by atoms with Crippen LogP contribution in [0.4, 0.5) is 0 Å². The molecule has 1 heterocycles. The van der Waals surface area contributed by atoms with Crippen LogP contribution in [0, 0.1) is 12.8 Å². The van der Waals surface area contributed by atoms with Gasteiger partial charge >= 0.3 is 0 Å². The zero-order valence-electron chi connectivity index (χ0n) is 12.7. The molecule has 2 aromatic rings. The molecule has 118 valence electrons. The van der Waals surface area contributed by atoms with Crippen molar-refractivity contribution in [1.82, 2.24) is 15.6 Å². The molecule has 2 rings (SSSR count). The molecule has 1 amide bonds. The molecule has 0 fully saturated rings. The summed E-state index contributed by atoms with van der Waals surface area (Å²) in [5.41, 5.74) is 4.59. The first-order chi connectivity index (χ1) is 10.4. The van der Waals surface area contributed by atoms with Crippen molar-refractivity contribution in [1.29, 1.82) is 0 Å². The maximum atomic E-state index is 11.9. The third-order valence-electron chi connectivity index (χ3n) is 3.08. The zero-order chi connectivity index (χ0) is 16.3. The largest absolute Gasteiger partial charge is 0.492 e. The van der Waals surface area contributed by atoms with Gasteiger partial charge in [-0.1, -0.05) is 13.8 Å². The van der Waals surface area contributed by atoms with Crippen LogP contribution in [-0.4, -0.2) is 22.7 Å². The molecule has 4 N–H and O–H groups in total. The summed E-state index contributed by atoms with van der Waals surface area (Å²) in [7, 11) is 0. The Morgan fingerprint density at radius 2 is 2.23 bits per heavy atom. The number of nitrogens with two attached hydrogens (primary N) is 1. The van der Waals surface area contributed by atoms with E-state index in [1.807, 2.05) is 18.2 Å². The minimum atomic E-state index is -0.377. The van der Waals surface area contributed by atoms with Crippen LogP contribution in [0.2, 0.25) is 0 Å². The van der Waals surface area contributed by atoms with Crippen LogP contribution in [0.25, 0.3) is 11.3 Å². The van der Waals surface area contributed by atoms with Gasteiger partial charge in [-0.05, 0) is 47.0 Å². The van der Waals surface area contributed by atoms with Crippen LogP contribution < -0.4 is 16.0 Å². The normalized spacial score (nSPS) is 10.8. The standard InChI is InChI=1S/C15H19BrN4O2/c1-8(2)7-22-12-5-4-10(6-11(12)16)14-13(15(21)18-17)9(3)19-20-14/h4-6,8H,7,17H2,1-3H3,(H,18,21)(H,19,20). The SMILES string of the molecule is Cc1[nH]nc(-c2ccc(OCC(C)C)c(Br)c2)c1C(=O)NN. The molecule has 7 heteroatoms. The minimum absolute atomic E-state index is 0.377. The Hall–Kier alpha value is -1.86. The number of amides is 1. The molecule has 1 aromatic carbocycles. The lowest BCUT2D eigenvalue weighted by molar-refractivity contribution is 0.0954. The van der Waals surface area contributed by atoms with E-state index in [1.54, 1.807) is 6.92 Å². The number of nitrogen functional groups attached to an aromatic ring is 1. The third kappa shape index (κ3) is 3.48. The highest BCUT2D eigenvalue weighted by molar-refractivity contribution is 9.10. The van der Waals surface area contributed by atoms with Crippen molar-refractivity contribution < 1.29 is 9.53 Å². The van der Waals surface area contributed by atoms with Crippen LogP contribution >= 0.6 is 15.9 Å². The van der Waals surface area contributed by atoms with Crippen LogP contribution in [0.3, 0.4) is 0 Å². The molecule has 0 saturated carbocycles. The zero-order valence-corrected chi connectivity index (χ0v) is 14.3. The van der Waals surface area contributed by atoms with E-state index >= 15 is 0 Å². The summed E-state index contributed by atoms with van der Waals surface area (Å²) in [6.07, 6.45) is 0. The van der Waals surface area contributed by atoms with Gasteiger partial charge in [-0.15, -0.1) is 0 Å². The Labute approximate surface area is 137 Å². The van der Waals surface area contributed by atoms with Gasteiger partial charge in [0, 0.05) is 11.3 Å². The first-order valence-electron chi connectivity index (χ1n) is 6.92. The molecule has 0 bridgehead atoms. The average Bonchev–Trinajstić information content (AvgIpc) is 2.86. The van der Waals surface area contributed by atoms with Gasteiger partial charge in [-0.25, -0.2) is 5.84 Å². The highest BCUT2D eigenvalue weighted by Gasteiger charge is 2.19. The summed E-state index contributed by atoms with van der Waals surface area (Å²) in [5.74, 6) is 6.06. The predicted octanol–water partition coefficient (Wildman–Crippen LogP) is 2.79. The number of aryl methyl sites for hydroxylation is 1. The van der Waals surface area contributed by atoms with Crippen molar-refractivity contribution in [2.75, 3.05) is 6.61 Å². The second-order valence-corrected chi connectivity index (χ2v) is 6.25. The summed E-state index contributed by atoms with van der Waals surface area (Å²) in [5, 5.41) is 7.01. The molecule has 1 aromatic heterocycles. The van der Waals surface area contributed by atoms with Crippen molar-refractivity contribution in [2.24, 2.45) is 11.8 Å². The van der Waals surface area contributed by atoms with Gasteiger partial charge in [0.2, 0.25) is 0 Å². The molecule has 0 atom stereocenters. The van der Waals surface area contributed by atoms with Gasteiger partial charge in [0.1, 0.15) is 11.4 Å². The van der Waals surface area contributed by atoms with E-state index in [4.69, 9.17) is 10.6 Å². The molecule has 0 aliphatic carbocycles. The maximum absolute atomic E-state index is 11.9. The fourth-order valence-corrected chi connectivity index (χ4v) is 2.50. The molecule has 0 aliphatic rings. The Balaban J connectivity index is 2.35. The molecule has 0 spiro atoms. The van der Waals surface area contributed by atoms with Crippen LogP contribution in [0.1, 0.15) is 29.9 Å². The summed E-state index contributed by atoms with van der Waals surface area (Å²) in [6.45, 7) is 6.59. The second kappa shape index (κ2) is 6.93. The lowest BCUT2D eigenvalue weighted by atomic mass is 10.1. The number of hydrogen-bond donors (Lipinski definition) is 3. The summed E-state index contributed by atoms with van der Waals surface area (Å²) >= 11 is 3.49. The van der Waals surface area contributed by atoms with Crippen molar-refractivity contribution in [2.45, 2.75) is 20.8 Å². The van der Waals surface area contributed by atoms with Crippen LogP contribution in [-0.2, 0) is 0 Å². The van der Waals surface area contributed by atoms with E-state index < -0.39 is 0 Å². The van der Waals surface area contributed by atoms with Crippen LogP contribution in [0.5, 0.6) is 5.75 Å². The number of halogens is 1. The van der Waals surface area contributed by atoms with E-state index in [2.05, 4.69) is 45.4 Å². The van der Waals surface area contributed by atoms with E-state index in [9.17, 15) is 4.79 Å². The van der Waals surface area contributed by atoms with Crippen molar-refractivity contribution in [3.8, 4) is 17.0 Å². The molecule has 0 aliphatic heterocycles. The topological polar surface area (TPSA) is 93.0 Å². The lowest BCUT2D eigenvalue weighted by Gasteiger charge is -2.11. The highest BCUT2D eigenvalue weighted by Crippen LogP contribution is 2.32. The second-order valence-electron chi connectivity index (χ2n) is 5.40. The monoisotopic (exact) mass is 366 g/mol. The number of carbonyl (C=O) groups excluding carboxylic acids is 1. The van der Waals surface area contributed by atoms with E-state index in [-0.39, 0.29) is 5.91 Å². The predicted molar refractivity (Wildman–Crippen MR) is 88.4 cm³/mol. The summed E-state index contributed by atoms with van der Waals surface area (Å²) in [4.78, 5) is 11.9. The van der Waals surface area contributed by atoms with Crippen molar-refractivity contribution in [3.63, 3.8) is 0 Å². The molecule has 0 radical (unpaired) electrons. The minimum Gasteiger partial charge on any atom is -0.492 e. The van der Waals surface area contributed by atoms with Crippen LogP contribution in [0.15, 0.2) is 22.7 Å². The number of H-pyrrole nitrogens is 1. The number of nitrogens with zero attached hydrogens (tertiary/aromatic N) is 1. The summed E-state index contributed by atoms with van der Waals surface area (Å²) < 4.78 is 6.53. The first kappa shape index (κ1) is 16.5. The Morgan fingerprint density at radius 1 is 1.50 bits per heavy atom. The molecular weight excluding hydrogens is 348 g/mol. The van der Waals surface area contributed by atoms with Gasteiger partial charge in [0.05, 0.1) is 16.6 Å². The average molecular weight is 367 g/mol. The summed E-state index contributed by atoms with van der Waals surface area (Å²) in [6, 6.07) is 5.60. The quantitative estimate of drug-likeness (QED) is 0.430. The number of benzene rings is 1. The number of aromatic amines is 1. The van der Waals surface area contributed by atoms with Crippen molar-refractivity contribution in [3.05, 3.63) is 33.9 Å². The number of carbonyl (C=O) groups is 1. The van der Waals surface area contributed by atoms with E-state index in [1.165, 1.54) is 0 Å². The number of aromatic nitrogens is 2. The fourth-order valence-electron chi connectivity index (χ4n) is 2.01. The number of hydrazine groups is 1. The van der Waals surface area contributed by atoms with Gasteiger partial charge < -0.3 is 4.74 Å². The highest BCUT2D eigenvalue weighted by atomic mass is 79.9. The number of ether oxygens (including phenoxy) is 1. The third-order valence-corrected chi connectivity index (χ3v) is 3.70. The first-order valence-corrected chi connectivity index (χ1v) is 7.72. The smallest absolute Gasteiger partial charge is 0.269 e. The van der Waals surface area contributed by atoms with E-state index in [0.717, 1.165) is 15.8 Å². The molecule has 22 heavy (non-hydrogen) atoms. The fraction of sp³-hybridized carbons (Fsp3) is 0.333. The Bertz CT molecular complexity index is 682. The molecular formula is C15H19BrN4O2. The Kier molecular flexibility index (Phi) is 5.20. The van der Waals surface area contributed by atoms with Gasteiger partial charge in [-0.2, -0.15) is 5.10 Å². The number of rotatable bonds is 5. The van der Waals surface area contributed by atoms with Crippen molar-refractivity contribution >= 4 is 21.8 Å². The van der Waals surface area contributed by atoms with Gasteiger partial charge in [-0.3, -0.25) is 15.3 Å². The molecule has 6 nitrogen and oxygen atoms in total. The van der Waals surface area contributed by atoms with Gasteiger partial charge in [0.15, 0.2) is 0 Å².